The van der Waals surface area contributed by atoms with Crippen LogP contribution in [0.2, 0.25) is 0 Å². The zero-order valence-electron chi connectivity index (χ0n) is 18.5. The van der Waals surface area contributed by atoms with Crippen LogP contribution in [0.25, 0.3) is 0 Å². The molecule has 26 heavy (non-hydrogen) atoms. The van der Waals surface area contributed by atoms with E-state index in [-0.39, 0.29) is 10.8 Å². The quantitative estimate of drug-likeness (QED) is 0.496. The van der Waals surface area contributed by atoms with Crippen LogP contribution in [0, 0.1) is 0 Å². The summed E-state index contributed by atoms with van der Waals surface area (Å²) in [5, 5.41) is 0. The van der Waals surface area contributed by atoms with Crippen LogP contribution < -0.4 is 4.90 Å². The molecule has 0 amide bonds. The fourth-order valence-corrected chi connectivity index (χ4v) is 2.52. The molecule has 2 aromatic carbocycles. The molecule has 0 aromatic heterocycles. The van der Waals surface area contributed by atoms with Gasteiger partial charge >= 0.3 is 0 Å². The number of hydrogen-bond acceptors (Lipinski definition) is 1. The van der Waals surface area contributed by atoms with Crippen molar-refractivity contribution < 1.29 is 0 Å². The zero-order chi connectivity index (χ0) is 20.5. The molecular weight excluding hydrogens is 314 g/mol. The number of rotatable bonds is 2. The van der Waals surface area contributed by atoms with Crippen molar-refractivity contribution in [2.24, 2.45) is 0 Å². The summed E-state index contributed by atoms with van der Waals surface area (Å²) in [6, 6.07) is 17.8. The molecule has 0 bridgehead atoms. The van der Waals surface area contributed by atoms with Gasteiger partial charge in [-0.1, -0.05) is 79.7 Å². The Hall–Kier alpha value is -2.02. The van der Waals surface area contributed by atoms with E-state index in [2.05, 4.69) is 115 Å². The topological polar surface area (TPSA) is 3.24 Å². The standard InChI is InChI=1S/C21H29N.C2H6.C2H4/c1-20(2,3)16-8-12-18(13-9-16)22(7)19-14-10-17(11-15-19)21(4,5)6;2*1-2/h8-15H,1-7H3;1-2H3;1-2H2. The molecule has 1 nitrogen and oxygen atoms in total. The zero-order valence-corrected chi connectivity index (χ0v) is 18.5. The molecular formula is C25H39N. The van der Waals surface area contributed by atoms with Crippen molar-refractivity contribution in [3.05, 3.63) is 72.8 Å². The Balaban J connectivity index is 0.00000146. The molecule has 0 heterocycles. The lowest BCUT2D eigenvalue weighted by molar-refractivity contribution is 0.590. The summed E-state index contributed by atoms with van der Waals surface area (Å²) >= 11 is 0. The van der Waals surface area contributed by atoms with Gasteiger partial charge in [0.25, 0.3) is 0 Å². The Morgan fingerprint density at radius 2 is 0.808 bits per heavy atom. The molecule has 0 unspecified atom stereocenters. The monoisotopic (exact) mass is 353 g/mol. The third-order valence-electron chi connectivity index (χ3n) is 4.24. The first-order valence-electron chi connectivity index (χ1n) is 9.54. The molecule has 0 spiro atoms. The van der Waals surface area contributed by atoms with Gasteiger partial charge < -0.3 is 4.90 Å². The Morgan fingerprint density at radius 1 is 0.577 bits per heavy atom. The van der Waals surface area contributed by atoms with Crippen LogP contribution in [0.15, 0.2) is 61.7 Å². The Labute approximate surface area is 162 Å². The average Bonchev–Trinajstić information content (AvgIpc) is 2.63. The molecule has 0 N–H and O–H groups in total. The Kier molecular flexibility index (Phi) is 9.41. The highest BCUT2D eigenvalue weighted by Gasteiger charge is 2.15. The van der Waals surface area contributed by atoms with Gasteiger partial charge in [0, 0.05) is 18.4 Å². The molecule has 2 rings (SSSR count). The molecule has 144 valence electrons. The summed E-state index contributed by atoms with van der Waals surface area (Å²) in [5.74, 6) is 0. The number of anilines is 2. The van der Waals surface area contributed by atoms with E-state index >= 15 is 0 Å². The van der Waals surface area contributed by atoms with E-state index in [1.165, 1.54) is 22.5 Å². The summed E-state index contributed by atoms with van der Waals surface area (Å²) in [6.07, 6.45) is 0. The van der Waals surface area contributed by atoms with Crippen molar-refractivity contribution in [3.8, 4) is 0 Å². The lowest BCUT2D eigenvalue weighted by Gasteiger charge is -2.24. The molecule has 0 aliphatic rings. The molecule has 0 fully saturated rings. The molecule has 0 radical (unpaired) electrons. The smallest absolute Gasteiger partial charge is 0.0408 e. The van der Waals surface area contributed by atoms with Crippen molar-refractivity contribution in [2.75, 3.05) is 11.9 Å². The van der Waals surface area contributed by atoms with Gasteiger partial charge in [-0.3, -0.25) is 0 Å². The molecule has 1 heteroatoms. The minimum Gasteiger partial charge on any atom is -0.345 e. The second-order valence-corrected chi connectivity index (χ2v) is 8.15. The van der Waals surface area contributed by atoms with Crippen LogP contribution in [-0.4, -0.2) is 7.05 Å². The van der Waals surface area contributed by atoms with Crippen molar-refractivity contribution in [3.63, 3.8) is 0 Å². The van der Waals surface area contributed by atoms with Gasteiger partial charge in [-0.05, 0) is 46.2 Å². The van der Waals surface area contributed by atoms with Crippen LogP contribution in [0.5, 0.6) is 0 Å². The van der Waals surface area contributed by atoms with Crippen LogP contribution >= 0.6 is 0 Å². The van der Waals surface area contributed by atoms with Crippen molar-refractivity contribution >= 4 is 11.4 Å². The largest absolute Gasteiger partial charge is 0.345 e. The summed E-state index contributed by atoms with van der Waals surface area (Å²) in [7, 11) is 2.12. The predicted molar refractivity (Wildman–Crippen MR) is 121 cm³/mol. The third-order valence-corrected chi connectivity index (χ3v) is 4.24. The van der Waals surface area contributed by atoms with E-state index in [0.717, 1.165) is 0 Å². The highest BCUT2D eigenvalue weighted by molar-refractivity contribution is 5.63. The van der Waals surface area contributed by atoms with E-state index in [9.17, 15) is 0 Å². The van der Waals surface area contributed by atoms with Crippen molar-refractivity contribution in [2.45, 2.75) is 66.2 Å². The average molecular weight is 354 g/mol. The Bertz CT molecular complexity index is 564. The number of nitrogens with zero attached hydrogens (tertiary/aromatic N) is 1. The van der Waals surface area contributed by atoms with Gasteiger partial charge in [0.15, 0.2) is 0 Å². The van der Waals surface area contributed by atoms with Crippen molar-refractivity contribution in [1.29, 1.82) is 0 Å². The summed E-state index contributed by atoms with van der Waals surface area (Å²) in [5.41, 5.74) is 5.57. The maximum Gasteiger partial charge on any atom is 0.0408 e. The SMILES string of the molecule is C=C.CC.CN(c1ccc(C(C)(C)C)cc1)c1ccc(C(C)(C)C)cc1. The first-order valence-corrected chi connectivity index (χ1v) is 9.54. The van der Waals surface area contributed by atoms with Crippen LogP contribution in [0.3, 0.4) is 0 Å². The van der Waals surface area contributed by atoms with E-state index in [4.69, 9.17) is 0 Å². The molecule has 0 saturated heterocycles. The van der Waals surface area contributed by atoms with E-state index in [0.29, 0.717) is 0 Å². The highest BCUT2D eigenvalue weighted by Crippen LogP contribution is 2.29. The molecule has 0 aliphatic heterocycles. The fourth-order valence-electron chi connectivity index (χ4n) is 2.52. The van der Waals surface area contributed by atoms with Gasteiger partial charge in [-0.25, -0.2) is 0 Å². The van der Waals surface area contributed by atoms with E-state index in [1.807, 2.05) is 13.8 Å². The number of hydrogen-bond donors (Lipinski definition) is 0. The lowest BCUT2D eigenvalue weighted by Crippen LogP contribution is -2.14. The number of benzene rings is 2. The second-order valence-electron chi connectivity index (χ2n) is 8.15. The van der Waals surface area contributed by atoms with E-state index < -0.39 is 0 Å². The van der Waals surface area contributed by atoms with Crippen LogP contribution in [-0.2, 0) is 10.8 Å². The summed E-state index contributed by atoms with van der Waals surface area (Å²) in [4.78, 5) is 2.24. The Morgan fingerprint density at radius 3 is 1.00 bits per heavy atom. The summed E-state index contributed by atoms with van der Waals surface area (Å²) in [6.45, 7) is 23.5. The van der Waals surface area contributed by atoms with Crippen molar-refractivity contribution in [1.82, 2.24) is 0 Å². The maximum absolute atomic E-state index is 3.00. The second kappa shape index (κ2) is 10.2. The first-order chi connectivity index (χ1) is 12.1. The summed E-state index contributed by atoms with van der Waals surface area (Å²) < 4.78 is 0. The van der Waals surface area contributed by atoms with Crippen LogP contribution in [0.4, 0.5) is 11.4 Å². The lowest BCUT2D eigenvalue weighted by atomic mass is 9.87. The van der Waals surface area contributed by atoms with E-state index in [1.54, 1.807) is 0 Å². The minimum atomic E-state index is 0.200. The van der Waals surface area contributed by atoms with Gasteiger partial charge in [-0.2, -0.15) is 0 Å². The molecule has 0 aliphatic carbocycles. The minimum absolute atomic E-state index is 0.200. The third kappa shape index (κ3) is 6.71. The van der Waals surface area contributed by atoms with Gasteiger partial charge in [0.2, 0.25) is 0 Å². The highest BCUT2D eigenvalue weighted by atomic mass is 15.1. The van der Waals surface area contributed by atoms with Gasteiger partial charge in [0.1, 0.15) is 0 Å². The molecule has 0 atom stereocenters. The first kappa shape index (κ1) is 24.0. The fraction of sp³-hybridized carbons (Fsp3) is 0.440. The normalized spacial score (nSPS) is 10.8. The molecule has 2 aromatic rings. The van der Waals surface area contributed by atoms with Gasteiger partial charge in [0.05, 0.1) is 0 Å². The van der Waals surface area contributed by atoms with Crippen LogP contribution in [0.1, 0.15) is 66.5 Å². The predicted octanol–water partition coefficient (Wildman–Crippen LogP) is 7.88. The maximum atomic E-state index is 3.00. The van der Waals surface area contributed by atoms with Gasteiger partial charge in [-0.15, -0.1) is 13.2 Å². The molecule has 0 saturated carbocycles.